The number of hydrogen-bond donors (Lipinski definition) is 1. The molecular formula is C19H16N6. The molecule has 5 heterocycles. The quantitative estimate of drug-likeness (QED) is 0.801. The van der Waals surface area contributed by atoms with Gasteiger partial charge in [-0.1, -0.05) is 6.07 Å². The van der Waals surface area contributed by atoms with E-state index < -0.39 is 0 Å². The molecule has 6 heteroatoms. The third-order valence-corrected chi connectivity index (χ3v) is 4.47. The van der Waals surface area contributed by atoms with Crippen LogP contribution in [0.1, 0.15) is 29.5 Å². The molecule has 0 aromatic carbocycles. The molecule has 1 unspecified atom stereocenters. The standard InChI is InChI=1S/C19H16N6/c1-3-14-15(20-10-1)9-12-25-19(14)23-18(24-25)8-6-13-5-7-16-17(22-13)4-2-11-21-16/h1-5,7,9-12,19H,6,8H2,(H,23,24). The molecule has 0 aliphatic carbocycles. The van der Waals surface area contributed by atoms with E-state index in [4.69, 9.17) is 4.99 Å². The van der Waals surface area contributed by atoms with Gasteiger partial charge in [0.1, 0.15) is 5.84 Å². The summed E-state index contributed by atoms with van der Waals surface area (Å²) in [4.78, 5) is 18.2. The lowest BCUT2D eigenvalue weighted by molar-refractivity contribution is 0.276. The molecule has 0 fully saturated rings. The van der Waals surface area contributed by atoms with Gasteiger partial charge in [0.2, 0.25) is 0 Å². The second-order valence-corrected chi connectivity index (χ2v) is 6.11. The smallest absolute Gasteiger partial charge is 0.168 e. The van der Waals surface area contributed by atoms with Gasteiger partial charge in [-0.05, 0) is 42.8 Å². The lowest BCUT2D eigenvalue weighted by Crippen LogP contribution is -2.34. The fourth-order valence-electron chi connectivity index (χ4n) is 3.23. The van der Waals surface area contributed by atoms with Crippen LogP contribution in [0, 0.1) is 0 Å². The number of fused-ring (bicyclic) bond motifs is 4. The van der Waals surface area contributed by atoms with Crippen molar-refractivity contribution in [1.82, 2.24) is 25.4 Å². The average Bonchev–Trinajstić information content (AvgIpc) is 3.10. The molecule has 0 spiro atoms. The van der Waals surface area contributed by atoms with Crippen LogP contribution < -0.4 is 5.43 Å². The second-order valence-electron chi connectivity index (χ2n) is 6.11. The van der Waals surface area contributed by atoms with Crippen molar-refractivity contribution in [2.75, 3.05) is 0 Å². The molecule has 0 amide bonds. The van der Waals surface area contributed by atoms with Crippen LogP contribution in [0.25, 0.3) is 17.1 Å². The van der Waals surface area contributed by atoms with Crippen LogP contribution in [-0.4, -0.2) is 25.8 Å². The molecule has 5 rings (SSSR count). The SMILES string of the molecule is C1=CN2NC(CCc3ccc4ncccc4n3)=NC2c2cccnc21. The molecule has 2 aliphatic heterocycles. The third-order valence-electron chi connectivity index (χ3n) is 4.47. The number of aryl methyl sites for hydroxylation is 1. The Balaban J connectivity index is 1.34. The van der Waals surface area contributed by atoms with Crippen LogP contribution in [0.3, 0.4) is 0 Å². The summed E-state index contributed by atoms with van der Waals surface area (Å²) in [6.07, 6.45) is 9.22. The van der Waals surface area contributed by atoms with Crippen LogP contribution in [0.5, 0.6) is 0 Å². The minimum atomic E-state index is -0.0301. The van der Waals surface area contributed by atoms with Gasteiger partial charge in [0.15, 0.2) is 6.17 Å². The third kappa shape index (κ3) is 2.52. The summed E-state index contributed by atoms with van der Waals surface area (Å²) in [5.74, 6) is 0.972. The molecule has 25 heavy (non-hydrogen) atoms. The molecule has 6 nitrogen and oxygen atoms in total. The molecular weight excluding hydrogens is 312 g/mol. The van der Waals surface area contributed by atoms with E-state index in [9.17, 15) is 0 Å². The van der Waals surface area contributed by atoms with E-state index >= 15 is 0 Å². The second kappa shape index (κ2) is 5.66. The van der Waals surface area contributed by atoms with Crippen molar-refractivity contribution in [3.8, 4) is 0 Å². The number of aromatic nitrogens is 3. The minimum Gasteiger partial charge on any atom is -0.284 e. The Bertz CT molecular complexity index is 1010. The molecule has 0 radical (unpaired) electrons. The maximum atomic E-state index is 4.83. The number of pyridine rings is 3. The predicted octanol–water partition coefficient (Wildman–Crippen LogP) is 2.86. The van der Waals surface area contributed by atoms with Gasteiger partial charge < -0.3 is 0 Å². The topological polar surface area (TPSA) is 66.3 Å². The zero-order chi connectivity index (χ0) is 16.6. The van der Waals surface area contributed by atoms with Crippen LogP contribution in [-0.2, 0) is 6.42 Å². The highest BCUT2D eigenvalue weighted by atomic mass is 15.6. The molecule has 1 N–H and O–H groups in total. The molecule has 3 aromatic rings. The first-order valence-corrected chi connectivity index (χ1v) is 8.32. The van der Waals surface area contributed by atoms with Crippen molar-refractivity contribution in [2.45, 2.75) is 19.0 Å². The minimum absolute atomic E-state index is 0.0301. The highest BCUT2D eigenvalue weighted by molar-refractivity contribution is 5.84. The van der Waals surface area contributed by atoms with Crippen LogP contribution in [0.15, 0.2) is 60.0 Å². The first kappa shape index (κ1) is 14.1. The summed E-state index contributed by atoms with van der Waals surface area (Å²) in [5, 5.41) is 2.02. The fraction of sp³-hybridized carbons (Fsp3) is 0.158. The van der Waals surface area contributed by atoms with Gasteiger partial charge >= 0.3 is 0 Å². The number of rotatable bonds is 3. The summed E-state index contributed by atoms with van der Waals surface area (Å²) < 4.78 is 0. The average molecular weight is 328 g/mol. The van der Waals surface area contributed by atoms with Crippen molar-refractivity contribution in [3.05, 3.63) is 71.9 Å². The molecule has 0 saturated heterocycles. The van der Waals surface area contributed by atoms with E-state index in [0.29, 0.717) is 0 Å². The largest absolute Gasteiger partial charge is 0.284 e. The summed E-state index contributed by atoms with van der Waals surface area (Å²) >= 11 is 0. The van der Waals surface area contributed by atoms with Crippen molar-refractivity contribution in [3.63, 3.8) is 0 Å². The van der Waals surface area contributed by atoms with E-state index in [-0.39, 0.29) is 6.17 Å². The Morgan fingerprint density at radius 2 is 1.88 bits per heavy atom. The van der Waals surface area contributed by atoms with Gasteiger partial charge in [-0.2, -0.15) is 0 Å². The van der Waals surface area contributed by atoms with E-state index in [2.05, 4.69) is 26.4 Å². The van der Waals surface area contributed by atoms with Gasteiger partial charge in [-0.25, -0.2) is 4.99 Å². The van der Waals surface area contributed by atoms with Crippen molar-refractivity contribution in [1.29, 1.82) is 0 Å². The Kier molecular flexibility index (Phi) is 3.19. The highest BCUT2D eigenvalue weighted by Gasteiger charge is 2.29. The molecule has 0 saturated carbocycles. The number of aliphatic imine (C=N–C) groups is 1. The molecule has 3 aromatic heterocycles. The highest BCUT2D eigenvalue weighted by Crippen LogP contribution is 2.31. The zero-order valence-corrected chi connectivity index (χ0v) is 13.5. The van der Waals surface area contributed by atoms with Crippen LogP contribution in [0.2, 0.25) is 0 Å². The van der Waals surface area contributed by atoms with Crippen molar-refractivity contribution < 1.29 is 0 Å². The number of amidine groups is 1. The monoisotopic (exact) mass is 328 g/mol. The summed E-state index contributed by atoms with van der Waals surface area (Å²) in [5.41, 5.74) is 8.39. The van der Waals surface area contributed by atoms with E-state index in [0.717, 1.165) is 46.7 Å². The first-order valence-electron chi connectivity index (χ1n) is 8.32. The van der Waals surface area contributed by atoms with E-state index in [1.807, 2.05) is 53.8 Å². The van der Waals surface area contributed by atoms with E-state index in [1.165, 1.54) is 0 Å². The molecule has 2 aliphatic rings. The predicted molar refractivity (Wildman–Crippen MR) is 96.3 cm³/mol. The van der Waals surface area contributed by atoms with Crippen LogP contribution >= 0.6 is 0 Å². The van der Waals surface area contributed by atoms with Gasteiger partial charge in [0.05, 0.1) is 16.7 Å². The Morgan fingerprint density at radius 3 is 2.88 bits per heavy atom. The van der Waals surface area contributed by atoms with Gasteiger partial charge in [0.25, 0.3) is 0 Å². The fourth-order valence-corrected chi connectivity index (χ4v) is 3.23. The van der Waals surface area contributed by atoms with Gasteiger partial charge in [-0.15, -0.1) is 0 Å². The first-order chi connectivity index (χ1) is 12.4. The Morgan fingerprint density at radius 1 is 0.960 bits per heavy atom. The number of nitrogens with zero attached hydrogens (tertiary/aromatic N) is 5. The van der Waals surface area contributed by atoms with Gasteiger partial charge in [-0.3, -0.25) is 25.4 Å². The lowest BCUT2D eigenvalue weighted by Gasteiger charge is -2.25. The summed E-state index contributed by atoms with van der Waals surface area (Å²) in [7, 11) is 0. The molecule has 1 atom stereocenters. The number of hydrazine groups is 1. The van der Waals surface area contributed by atoms with E-state index in [1.54, 1.807) is 6.20 Å². The normalized spacial score (nSPS) is 17.8. The maximum Gasteiger partial charge on any atom is 0.168 e. The lowest BCUT2D eigenvalue weighted by atomic mass is 10.1. The summed E-state index contributed by atoms with van der Waals surface area (Å²) in [6, 6.07) is 12.0. The molecule has 122 valence electrons. The van der Waals surface area contributed by atoms with Crippen molar-refractivity contribution >= 4 is 22.9 Å². The maximum absolute atomic E-state index is 4.83. The Hall–Kier alpha value is -3.28. The van der Waals surface area contributed by atoms with Gasteiger partial charge in [0, 0.05) is 36.3 Å². The Labute approximate surface area is 144 Å². The number of hydrogen-bond acceptors (Lipinski definition) is 6. The summed E-state index contributed by atoms with van der Waals surface area (Å²) in [6.45, 7) is 0. The zero-order valence-electron chi connectivity index (χ0n) is 13.5. The molecule has 0 bridgehead atoms. The van der Waals surface area contributed by atoms with Crippen molar-refractivity contribution in [2.24, 2.45) is 4.99 Å². The van der Waals surface area contributed by atoms with Crippen LogP contribution in [0.4, 0.5) is 0 Å². The number of nitrogens with one attached hydrogen (secondary N) is 1.